The quantitative estimate of drug-likeness (QED) is 0.280. The van der Waals surface area contributed by atoms with Gasteiger partial charge in [-0.15, -0.1) is 24.0 Å². The van der Waals surface area contributed by atoms with Crippen LogP contribution in [0.15, 0.2) is 4.99 Å². The van der Waals surface area contributed by atoms with Crippen LogP contribution in [0.1, 0.15) is 60.3 Å². The van der Waals surface area contributed by atoms with Crippen LogP contribution in [0.5, 0.6) is 0 Å². The first-order valence-electron chi connectivity index (χ1n) is 8.88. The number of carbonyl (C=O) groups excluding carboxylic acids is 1. The molecule has 0 aromatic rings. The van der Waals surface area contributed by atoms with Gasteiger partial charge in [-0.3, -0.25) is 4.99 Å². The molecule has 1 heterocycles. The molecule has 6 nitrogen and oxygen atoms in total. The number of hydrogen-bond donors (Lipinski definition) is 2. The largest absolute Gasteiger partial charge is 0.444 e. The molecule has 1 aliphatic heterocycles. The molecule has 142 valence electrons. The minimum absolute atomic E-state index is 0. The smallest absolute Gasteiger partial charge is 0.407 e. The van der Waals surface area contributed by atoms with Gasteiger partial charge in [-0.1, -0.05) is 19.8 Å². The molecule has 1 saturated heterocycles. The van der Waals surface area contributed by atoms with Gasteiger partial charge >= 0.3 is 6.09 Å². The van der Waals surface area contributed by atoms with Crippen molar-refractivity contribution in [1.82, 2.24) is 15.5 Å². The van der Waals surface area contributed by atoms with Gasteiger partial charge in [0, 0.05) is 26.2 Å². The van der Waals surface area contributed by atoms with Crippen molar-refractivity contribution >= 4 is 36.0 Å². The van der Waals surface area contributed by atoms with Gasteiger partial charge in [-0.25, -0.2) is 4.79 Å². The third-order valence-corrected chi connectivity index (χ3v) is 3.57. The molecule has 0 aromatic carbocycles. The molecule has 7 heteroatoms. The lowest BCUT2D eigenvalue weighted by Gasteiger charge is -2.23. The molecule has 1 fully saturated rings. The molecule has 2 N–H and O–H groups in total. The maximum absolute atomic E-state index is 11.9. The van der Waals surface area contributed by atoms with Crippen LogP contribution in [0.2, 0.25) is 0 Å². The second-order valence-corrected chi connectivity index (χ2v) is 7.02. The molecule has 0 spiro atoms. The number of nitrogens with one attached hydrogen (secondary N) is 2. The third kappa shape index (κ3) is 9.54. The number of halogens is 1. The van der Waals surface area contributed by atoms with E-state index in [0.717, 1.165) is 45.0 Å². The van der Waals surface area contributed by atoms with Crippen LogP contribution < -0.4 is 10.6 Å². The van der Waals surface area contributed by atoms with Crippen LogP contribution in [-0.4, -0.2) is 54.8 Å². The number of aliphatic imine (C=N–C) groups is 1. The summed E-state index contributed by atoms with van der Waals surface area (Å²) < 4.78 is 5.32. The molecule has 1 aliphatic rings. The molecule has 0 bridgehead atoms. The number of guanidine groups is 1. The minimum atomic E-state index is -0.460. The van der Waals surface area contributed by atoms with Crippen LogP contribution in [0.4, 0.5) is 4.79 Å². The summed E-state index contributed by atoms with van der Waals surface area (Å²) in [5.41, 5.74) is -0.460. The van der Waals surface area contributed by atoms with E-state index < -0.39 is 5.60 Å². The molecule has 0 aliphatic carbocycles. The first kappa shape index (κ1) is 23.3. The summed E-state index contributed by atoms with van der Waals surface area (Å²) in [6.45, 7) is 13.3. The Morgan fingerprint density at radius 2 is 2.00 bits per heavy atom. The normalized spacial score (nSPS) is 18.1. The predicted molar refractivity (Wildman–Crippen MR) is 110 cm³/mol. The fraction of sp³-hybridized carbons (Fsp3) is 0.882. The Labute approximate surface area is 164 Å². The number of unbranched alkanes of at least 4 members (excludes halogenated alkanes) is 2. The molecular formula is C17H35IN4O2. The van der Waals surface area contributed by atoms with Crippen molar-refractivity contribution in [3.8, 4) is 0 Å². The van der Waals surface area contributed by atoms with Gasteiger partial charge in [-0.05, 0) is 40.5 Å². The average Bonchev–Trinajstić information content (AvgIpc) is 2.88. The second-order valence-electron chi connectivity index (χ2n) is 7.02. The average molecular weight is 454 g/mol. The summed E-state index contributed by atoms with van der Waals surface area (Å²) >= 11 is 0. The van der Waals surface area contributed by atoms with Gasteiger partial charge in [-0.2, -0.15) is 0 Å². The number of carbonyl (C=O) groups is 1. The highest BCUT2D eigenvalue weighted by molar-refractivity contribution is 14.0. The summed E-state index contributed by atoms with van der Waals surface area (Å²) in [7, 11) is 0. The van der Waals surface area contributed by atoms with Crippen molar-refractivity contribution in [1.29, 1.82) is 0 Å². The van der Waals surface area contributed by atoms with E-state index >= 15 is 0 Å². The summed E-state index contributed by atoms with van der Waals surface area (Å²) in [5, 5.41) is 6.30. The predicted octanol–water partition coefficient (Wildman–Crippen LogP) is 3.36. The maximum Gasteiger partial charge on any atom is 0.407 e. The van der Waals surface area contributed by atoms with Gasteiger partial charge in [0.2, 0.25) is 0 Å². The number of hydrogen-bond acceptors (Lipinski definition) is 3. The van der Waals surface area contributed by atoms with Crippen molar-refractivity contribution in [2.24, 2.45) is 4.99 Å². The lowest BCUT2D eigenvalue weighted by Crippen LogP contribution is -2.44. The highest BCUT2D eigenvalue weighted by Gasteiger charge is 2.27. The van der Waals surface area contributed by atoms with E-state index in [2.05, 4.69) is 29.4 Å². The lowest BCUT2D eigenvalue weighted by molar-refractivity contribution is 0.0507. The Kier molecular flexibility index (Phi) is 11.4. The van der Waals surface area contributed by atoms with E-state index in [1.165, 1.54) is 12.8 Å². The number of nitrogens with zero attached hydrogens (tertiary/aromatic N) is 2. The Balaban J connectivity index is 0.00000529. The van der Waals surface area contributed by atoms with E-state index in [-0.39, 0.29) is 36.1 Å². The van der Waals surface area contributed by atoms with Gasteiger partial charge in [0.25, 0.3) is 0 Å². The Bertz CT molecular complexity index is 397. The number of likely N-dealkylation sites (tertiary alicyclic amines) is 1. The molecule has 0 radical (unpaired) electrons. The van der Waals surface area contributed by atoms with Gasteiger partial charge < -0.3 is 20.3 Å². The Hall–Kier alpha value is -0.730. The lowest BCUT2D eigenvalue weighted by atomic mass is 10.2. The molecule has 0 aromatic heterocycles. The second kappa shape index (κ2) is 11.8. The summed E-state index contributed by atoms with van der Waals surface area (Å²) in [6.07, 6.45) is 4.12. The molecular weight excluding hydrogens is 419 g/mol. The zero-order chi connectivity index (χ0) is 17.3. The van der Waals surface area contributed by atoms with Crippen LogP contribution in [0, 0.1) is 0 Å². The zero-order valence-electron chi connectivity index (χ0n) is 15.9. The zero-order valence-corrected chi connectivity index (χ0v) is 18.2. The summed E-state index contributed by atoms with van der Waals surface area (Å²) in [6, 6.07) is 0.115. The van der Waals surface area contributed by atoms with Crippen molar-refractivity contribution in [2.45, 2.75) is 71.9 Å². The molecule has 1 amide bonds. The third-order valence-electron chi connectivity index (χ3n) is 3.57. The fourth-order valence-electron chi connectivity index (χ4n) is 2.52. The monoisotopic (exact) mass is 454 g/mol. The maximum atomic E-state index is 11.9. The fourth-order valence-corrected chi connectivity index (χ4v) is 2.52. The molecule has 1 rings (SSSR count). The van der Waals surface area contributed by atoms with Crippen LogP contribution in [-0.2, 0) is 4.74 Å². The van der Waals surface area contributed by atoms with Crippen molar-refractivity contribution in [3.05, 3.63) is 0 Å². The Morgan fingerprint density at radius 3 is 2.58 bits per heavy atom. The van der Waals surface area contributed by atoms with E-state index in [4.69, 9.17) is 9.73 Å². The first-order chi connectivity index (χ1) is 10.9. The van der Waals surface area contributed by atoms with E-state index in [9.17, 15) is 4.79 Å². The summed E-state index contributed by atoms with van der Waals surface area (Å²) in [5.74, 6) is 0.956. The van der Waals surface area contributed by atoms with Crippen molar-refractivity contribution < 1.29 is 9.53 Å². The van der Waals surface area contributed by atoms with Crippen molar-refractivity contribution in [3.63, 3.8) is 0 Å². The Morgan fingerprint density at radius 1 is 1.29 bits per heavy atom. The first-order valence-corrected chi connectivity index (χ1v) is 8.88. The number of amides is 1. The van der Waals surface area contributed by atoms with E-state index in [0.29, 0.717) is 0 Å². The van der Waals surface area contributed by atoms with Gasteiger partial charge in [0.1, 0.15) is 5.60 Å². The van der Waals surface area contributed by atoms with Crippen LogP contribution >= 0.6 is 24.0 Å². The topological polar surface area (TPSA) is 66.0 Å². The van der Waals surface area contributed by atoms with E-state index in [1.807, 2.05) is 20.8 Å². The number of ether oxygens (including phenoxy) is 1. The number of alkyl carbamates (subject to hydrolysis) is 1. The van der Waals surface area contributed by atoms with Crippen molar-refractivity contribution in [2.75, 3.05) is 26.2 Å². The van der Waals surface area contributed by atoms with Gasteiger partial charge in [0.05, 0.1) is 6.04 Å². The molecule has 1 unspecified atom stereocenters. The SMILES string of the molecule is CCCCCN=C(NCC)N1CCC(NC(=O)OC(C)(C)C)C1.I. The van der Waals surface area contributed by atoms with Gasteiger partial charge in [0.15, 0.2) is 5.96 Å². The molecule has 24 heavy (non-hydrogen) atoms. The molecule has 1 atom stereocenters. The minimum Gasteiger partial charge on any atom is -0.444 e. The molecule has 0 saturated carbocycles. The van der Waals surface area contributed by atoms with Crippen LogP contribution in [0.25, 0.3) is 0 Å². The summed E-state index contributed by atoms with van der Waals surface area (Å²) in [4.78, 5) is 18.8. The standard InChI is InChI=1S/C17H34N4O2.HI/c1-6-8-9-11-19-15(18-7-2)21-12-10-14(13-21)20-16(22)23-17(3,4)5;/h14H,6-13H2,1-5H3,(H,18,19)(H,20,22);1H. The highest BCUT2D eigenvalue weighted by Crippen LogP contribution is 2.12. The van der Waals surface area contributed by atoms with E-state index in [1.54, 1.807) is 0 Å². The highest BCUT2D eigenvalue weighted by atomic mass is 127. The number of rotatable bonds is 6. The van der Waals surface area contributed by atoms with Crippen LogP contribution in [0.3, 0.4) is 0 Å².